The molecular formula is C11H22F3NO2. The van der Waals surface area contributed by atoms with Gasteiger partial charge < -0.3 is 14.4 Å². The van der Waals surface area contributed by atoms with Crippen molar-refractivity contribution in [2.75, 3.05) is 33.9 Å². The van der Waals surface area contributed by atoms with Crippen LogP contribution in [0.2, 0.25) is 0 Å². The number of alkyl halides is 3. The van der Waals surface area contributed by atoms with Crippen molar-refractivity contribution in [2.24, 2.45) is 0 Å². The molecule has 0 aliphatic heterocycles. The summed E-state index contributed by atoms with van der Waals surface area (Å²) in [5.74, 6) is 0. The molecule has 0 radical (unpaired) electrons. The van der Waals surface area contributed by atoms with E-state index in [2.05, 4.69) is 0 Å². The number of ether oxygens (including phenoxy) is 2. The lowest BCUT2D eigenvalue weighted by molar-refractivity contribution is -0.185. The van der Waals surface area contributed by atoms with Gasteiger partial charge in [0.25, 0.3) is 0 Å². The molecular weight excluding hydrogens is 235 g/mol. The largest absolute Gasteiger partial charge is 0.411 e. The molecule has 0 N–H and O–H groups in total. The summed E-state index contributed by atoms with van der Waals surface area (Å²) in [7, 11) is 3.50. The Balaban J connectivity index is 3.82. The molecule has 0 fully saturated rings. The third kappa shape index (κ3) is 9.38. The third-order valence-corrected chi connectivity index (χ3v) is 2.57. The summed E-state index contributed by atoms with van der Waals surface area (Å²) in [5.41, 5.74) is 0. The van der Waals surface area contributed by atoms with Gasteiger partial charge in [-0.15, -0.1) is 0 Å². The Morgan fingerprint density at radius 2 is 1.82 bits per heavy atom. The predicted molar refractivity (Wildman–Crippen MR) is 60.1 cm³/mol. The average Bonchev–Trinajstić information content (AvgIpc) is 2.22. The van der Waals surface area contributed by atoms with Crippen LogP contribution in [0.25, 0.3) is 0 Å². The number of hydrogen-bond acceptors (Lipinski definition) is 3. The fraction of sp³-hybridized carbons (Fsp3) is 1.00. The Morgan fingerprint density at radius 3 is 2.29 bits per heavy atom. The van der Waals surface area contributed by atoms with Crippen LogP contribution in [-0.2, 0) is 9.47 Å². The molecule has 0 aromatic carbocycles. The standard InChI is InChI=1S/C11H22F3NO2/c1-9(5-6-16-4)15(3)7-10(2)17-8-11(12,13)14/h9-10H,5-8H2,1-4H3. The molecule has 0 saturated carbocycles. The van der Waals surface area contributed by atoms with E-state index in [4.69, 9.17) is 9.47 Å². The molecule has 0 aliphatic rings. The van der Waals surface area contributed by atoms with Crippen LogP contribution in [0.3, 0.4) is 0 Å². The Hall–Kier alpha value is -0.330. The smallest absolute Gasteiger partial charge is 0.385 e. The van der Waals surface area contributed by atoms with E-state index in [9.17, 15) is 13.2 Å². The highest BCUT2D eigenvalue weighted by Gasteiger charge is 2.28. The Kier molecular flexibility index (Phi) is 7.74. The second-order valence-corrected chi connectivity index (χ2v) is 4.31. The summed E-state index contributed by atoms with van der Waals surface area (Å²) < 4.78 is 45.5. The molecule has 6 heteroatoms. The predicted octanol–water partition coefficient (Wildman–Crippen LogP) is 2.31. The average molecular weight is 257 g/mol. The highest BCUT2D eigenvalue weighted by molar-refractivity contribution is 4.66. The first-order valence-electron chi connectivity index (χ1n) is 5.63. The number of halogens is 3. The van der Waals surface area contributed by atoms with Gasteiger partial charge in [0.05, 0.1) is 6.10 Å². The maximum Gasteiger partial charge on any atom is 0.411 e. The highest BCUT2D eigenvalue weighted by Crippen LogP contribution is 2.15. The minimum Gasteiger partial charge on any atom is -0.385 e. The van der Waals surface area contributed by atoms with Crippen molar-refractivity contribution in [3.63, 3.8) is 0 Å². The van der Waals surface area contributed by atoms with E-state index in [0.29, 0.717) is 13.2 Å². The Labute approximate surface area is 101 Å². The van der Waals surface area contributed by atoms with Crippen LogP contribution in [0.1, 0.15) is 20.3 Å². The lowest BCUT2D eigenvalue weighted by Crippen LogP contribution is -2.37. The lowest BCUT2D eigenvalue weighted by Gasteiger charge is -2.27. The zero-order chi connectivity index (χ0) is 13.5. The van der Waals surface area contributed by atoms with Gasteiger partial charge in [-0.05, 0) is 27.3 Å². The molecule has 104 valence electrons. The second-order valence-electron chi connectivity index (χ2n) is 4.31. The third-order valence-electron chi connectivity index (χ3n) is 2.57. The maximum absolute atomic E-state index is 11.9. The van der Waals surface area contributed by atoms with E-state index in [1.54, 1.807) is 14.0 Å². The number of nitrogens with zero attached hydrogens (tertiary/aromatic N) is 1. The van der Waals surface area contributed by atoms with E-state index in [-0.39, 0.29) is 6.04 Å². The molecule has 2 atom stereocenters. The minimum absolute atomic E-state index is 0.256. The summed E-state index contributed by atoms with van der Waals surface area (Å²) in [5, 5.41) is 0. The van der Waals surface area contributed by atoms with E-state index in [1.165, 1.54) is 0 Å². The summed E-state index contributed by atoms with van der Waals surface area (Å²) >= 11 is 0. The minimum atomic E-state index is -4.26. The monoisotopic (exact) mass is 257 g/mol. The molecule has 0 heterocycles. The van der Waals surface area contributed by atoms with Gasteiger partial charge in [-0.2, -0.15) is 13.2 Å². The Morgan fingerprint density at radius 1 is 1.24 bits per heavy atom. The molecule has 17 heavy (non-hydrogen) atoms. The van der Waals surface area contributed by atoms with Crippen molar-refractivity contribution in [3.05, 3.63) is 0 Å². The van der Waals surface area contributed by atoms with Gasteiger partial charge in [0.2, 0.25) is 0 Å². The first-order valence-corrected chi connectivity index (χ1v) is 5.63. The summed E-state index contributed by atoms with van der Waals surface area (Å²) in [6.07, 6.45) is -3.85. The van der Waals surface area contributed by atoms with Crippen LogP contribution in [0.15, 0.2) is 0 Å². The second kappa shape index (κ2) is 7.89. The van der Waals surface area contributed by atoms with Crippen LogP contribution >= 0.6 is 0 Å². The van der Waals surface area contributed by atoms with Crippen molar-refractivity contribution in [3.8, 4) is 0 Å². The van der Waals surface area contributed by atoms with Crippen molar-refractivity contribution < 1.29 is 22.6 Å². The first-order chi connectivity index (χ1) is 7.76. The van der Waals surface area contributed by atoms with Crippen LogP contribution in [0.5, 0.6) is 0 Å². The maximum atomic E-state index is 11.9. The molecule has 0 aromatic heterocycles. The topological polar surface area (TPSA) is 21.7 Å². The quantitative estimate of drug-likeness (QED) is 0.666. The zero-order valence-electron chi connectivity index (χ0n) is 10.9. The molecule has 0 aromatic rings. The first kappa shape index (κ1) is 16.7. The fourth-order valence-corrected chi connectivity index (χ4v) is 1.38. The van der Waals surface area contributed by atoms with Crippen LogP contribution in [-0.4, -0.2) is 57.1 Å². The normalized spacial score (nSPS) is 16.2. The molecule has 2 unspecified atom stereocenters. The lowest BCUT2D eigenvalue weighted by atomic mass is 10.2. The van der Waals surface area contributed by atoms with Gasteiger partial charge >= 0.3 is 6.18 Å². The molecule has 0 spiro atoms. The SMILES string of the molecule is COCCC(C)N(C)CC(C)OCC(F)(F)F. The van der Waals surface area contributed by atoms with Gasteiger partial charge in [0, 0.05) is 26.3 Å². The number of methoxy groups -OCH3 is 1. The molecule has 0 aliphatic carbocycles. The van der Waals surface area contributed by atoms with Crippen molar-refractivity contribution in [2.45, 2.75) is 38.6 Å². The van der Waals surface area contributed by atoms with Crippen molar-refractivity contribution in [1.82, 2.24) is 4.90 Å². The van der Waals surface area contributed by atoms with Crippen LogP contribution in [0.4, 0.5) is 13.2 Å². The van der Waals surface area contributed by atoms with Crippen LogP contribution in [0, 0.1) is 0 Å². The van der Waals surface area contributed by atoms with Gasteiger partial charge in [-0.3, -0.25) is 0 Å². The van der Waals surface area contributed by atoms with E-state index < -0.39 is 18.9 Å². The van der Waals surface area contributed by atoms with Crippen molar-refractivity contribution in [1.29, 1.82) is 0 Å². The van der Waals surface area contributed by atoms with Crippen molar-refractivity contribution >= 4 is 0 Å². The number of hydrogen-bond donors (Lipinski definition) is 0. The van der Waals surface area contributed by atoms with E-state index in [0.717, 1.165) is 6.42 Å². The van der Waals surface area contributed by atoms with E-state index >= 15 is 0 Å². The van der Waals surface area contributed by atoms with Crippen LogP contribution < -0.4 is 0 Å². The summed E-state index contributed by atoms with van der Waals surface area (Å²) in [6.45, 7) is 3.58. The molecule has 0 bridgehead atoms. The fourth-order valence-electron chi connectivity index (χ4n) is 1.38. The molecule has 0 rings (SSSR count). The molecule has 0 saturated heterocycles. The zero-order valence-corrected chi connectivity index (χ0v) is 10.9. The summed E-state index contributed by atoms with van der Waals surface area (Å²) in [6, 6.07) is 0.256. The molecule has 3 nitrogen and oxygen atoms in total. The van der Waals surface area contributed by atoms with Gasteiger partial charge in [-0.25, -0.2) is 0 Å². The molecule has 0 amide bonds. The Bertz CT molecular complexity index is 200. The van der Waals surface area contributed by atoms with E-state index in [1.807, 2.05) is 18.9 Å². The van der Waals surface area contributed by atoms with Gasteiger partial charge in [-0.1, -0.05) is 0 Å². The number of likely N-dealkylation sites (N-methyl/N-ethyl adjacent to an activating group) is 1. The summed E-state index contributed by atoms with van der Waals surface area (Å²) in [4.78, 5) is 1.97. The van der Waals surface area contributed by atoms with Gasteiger partial charge in [0.15, 0.2) is 0 Å². The number of rotatable bonds is 8. The van der Waals surface area contributed by atoms with Gasteiger partial charge in [0.1, 0.15) is 6.61 Å². The highest BCUT2D eigenvalue weighted by atomic mass is 19.4.